The van der Waals surface area contributed by atoms with Gasteiger partial charge < -0.3 is 14.4 Å². The van der Waals surface area contributed by atoms with Gasteiger partial charge in [-0.25, -0.2) is 0 Å². The second kappa shape index (κ2) is 7.11. The van der Waals surface area contributed by atoms with Crippen LogP contribution in [-0.2, 0) is 23.9 Å². The molecule has 1 aromatic carbocycles. The lowest BCUT2D eigenvalue weighted by Gasteiger charge is -2.31. The van der Waals surface area contributed by atoms with Gasteiger partial charge in [-0.15, -0.1) is 0 Å². The highest BCUT2D eigenvalue weighted by molar-refractivity contribution is 6.05. The van der Waals surface area contributed by atoms with Gasteiger partial charge in [-0.2, -0.15) is 0 Å². The fourth-order valence-corrected chi connectivity index (χ4v) is 3.81. The molecule has 0 aliphatic carbocycles. The van der Waals surface area contributed by atoms with E-state index in [-0.39, 0.29) is 18.0 Å². The Hall–Kier alpha value is -2.96. The highest BCUT2D eigenvalue weighted by Crippen LogP contribution is 2.42. The van der Waals surface area contributed by atoms with Crippen LogP contribution in [0.3, 0.4) is 0 Å². The Morgan fingerprint density at radius 3 is 2.23 bits per heavy atom. The summed E-state index contributed by atoms with van der Waals surface area (Å²) >= 11 is 0. The maximum absolute atomic E-state index is 13.2. The van der Waals surface area contributed by atoms with Gasteiger partial charge >= 0.3 is 11.9 Å². The fraction of sp³-hybridized carbons (Fsp3) is 0.368. The van der Waals surface area contributed by atoms with E-state index in [0.29, 0.717) is 5.56 Å². The van der Waals surface area contributed by atoms with Crippen LogP contribution in [0.1, 0.15) is 16.8 Å². The SMILES string of the molecule is COC(=O)[C@H]1[C@H](C(=O)OC)[C@@H](C(=O)c2ccccc2)N2C=CC(=O)C[C@H]12. The summed E-state index contributed by atoms with van der Waals surface area (Å²) in [6, 6.07) is 6.96. The Kier molecular flexibility index (Phi) is 4.88. The van der Waals surface area contributed by atoms with Crippen LogP contribution in [0.5, 0.6) is 0 Å². The molecule has 26 heavy (non-hydrogen) atoms. The number of benzene rings is 1. The topological polar surface area (TPSA) is 90.0 Å². The molecule has 7 nitrogen and oxygen atoms in total. The molecule has 7 heteroatoms. The lowest BCUT2D eigenvalue weighted by molar-refractivity contribution is -0.156. The molecule has 0 radical (unpaired) electrons. The molecule has 1 aromatic rings. The van der Waals surface area contributed by atoms with E-state index in [2.05, 4.69) is 0 Å². The molecule has 3 rings (SSSR count). The minimum absolute atomic E-state index is 0.0301. The molecule has 0 N–H and O–H groups in total. The fourth-order valence-electron chi connectivity index (χ4n) is 3.81. The van der Waals surface area contributed by atoms with E-state index < -0.39 is 35.9 Å². The minimum atomic E-state index is -1.05. The van der Waals surface area contributed by atoms with Crippen LogP contribution in [0.4, 0.5) is 0 Å². The summed E-state index contributed by atoms with van der Waals surface area (Å²) in [5.41, 5.74) is 0.418. The number of rotatable bonds is 4. The first-order valence-electron chi connectivity index (χ1n) is 8.23. The third-order valence-electron chi connectivity index (χ3n) is 4.96. The molecule has 1 saturated heterocycles. The first-order chi connectivity index (χ1) is 12.5. The summed E-state index contributed by atoms with van der Waals surface area (Å²) in [6.45, 7) is 0. The van der Waals surface area contributed by atoms with Crippen LogP contribution < -0.4 is 0 Å². The van der Waals surface area contributed by atoms with E-state index >= 15 is 0 Å². The van der Waals surface area contributed by atoms with Gasteiger partial charge in [0.05, 0.1) is 32.1 Å². The van der Waals surface area contributed by atoms with Crippen molar-refractivity contribution in [3.05, 3.63) is 48.2 Å². The summed E-state index contributed by atoms with van der Waals surface area (Å²) in [5.74, 6) is -3.81. The van der Waals surface area contributed by atoms with Crippen LogP contribution in [0.25, 0.3) is 0 Å². The lowest BCUT2D eigenvalue weighted by Crippen LogP contribution is -2.43. The zero-order valence-electron chi connectivity index (χ0n) is 14.5. The van der Waals surface area contributed by atoms with Gasteiger partial charge in [-0.1, -0.05) is 30.3 Å². The second-order valence-electron chi connectivity index (χ2n) is 6.27. The molecular weight excluding hydrogens is 338 g/mol. The molecule has 0 aromatic heterocycles. The van der Waals surface area contributed by atoms with Crippen LogP contribution in [-0.4, -0.2) is 54.7 Å². The number of Topliss-reactive ketones (excluding diaryl/α,β-unsaturated/α-hetero) is 1. The summed E-state index contributed by atoms with van der Waals surface area (Å²) in [5, 5.41) is 0. The van der Waals surface area contributed by atoms with Gasteiger partial charge in [0.2, 0.25) is 0 Å². The Morgan fingerprint density at radius 2 is 1.62 bits per heavy atom. The average Bonchev–Trinajstić information content (AvgIpc) is 3.00. The number of carbonyl (C=O) groups is 4. The zero-order chi connectivity index (χ0) is 18.8. The van der Waals surface area contributed by atoms with Crippen molar-refractivity contribution in [3.63, 3.8) is 0 Å². The molecule has 0 bridgehead atoms. The Labute approximate surface area is 150 Å². The van der Waals surface area contributed by atoms with E-state index in [1.165, 1.54) is 26.5 Å². The maximum atomic E-state index is 13.2. The smallest absolute Gasteiger partial charge is 0.312 e. The summed E-state index contributed by atoms with van der Waals surface area (Å²) in [6.07, 6.45) is 2.87. The Balaban J connectivity index is 2.10. The summed E-state index contributed by atoms with van der Waals surface area (Å²) in [7, 11) is 2.42. The lowest BCUT2D eigenvalue weighted by atomic mass is 9.83. The monoisotopic (exact) mass is 357 g/mol. The van der Waals surface area contributed by atoms with Crippen LogP contribution in [0, 0.1) is 11.8 Å². The number of carbonyl (C=O) groups excluding carboxylic acids is 4. The molecular formula is C19H19NO6. The van der Waals surface area contributed by atoms with Crippen molar-refractivity contribution in [1.29, 1.82) is 0 Å². The first kappa shape index (κ1) is 17.8. The van der Waals surface area contributed by atoms with Crippen molar-refractivity contribution < 1.29 is 28.7 Å². The summed E-state index contributed by atoms with van der Waals surface area (Å²) in [4.78, 5) is 51.6. The zero-order valence-corrected chi connectivity index (χ0v) is 14.5. The van der Waals surface area contributed by atoms with E-state index in [1.54, 1.807) is 35.2 Å². The molecule has 2 aliphatic rings. The van der Waals surface area contributed by atoms with Gasteiger partial charge in [0.15, 0.2) is 11.6 Å². The quantitative estimate of drug-likeness (QED) is 0.586. The van der Waals surface area contributed by atoms with Crippen molar-refractivity contribution in [2.45, 2.75) is 18.5 Å². The van der Waals surface area contributed by atoms with Crippen LogP contribution in [0.2, 0.25) is 0 Å². The predicted octanol–water partition coefficient (Wildman–Crippen LogP) is 0.987. The van der Waals surface area contributed by atoms with Crippen LogP contribution >= 0.6 is 0 Å². The molecule has 0 amide bonds. The molecule has 0 spiro atoms. The summed E-state index contributed by atoms with van der Waals surface area (Å²) < 4.78 is 9.73. The number of methoxy groups -OCH3 is 2. The third kappa shape index (κ3) is 2.89. The Morgan fingerprint density at radius 1 is 1.00 bits per heavy atom. The first-order valence-corrected chi connectivity index (χ1v) is 8.23. The molecule has 0 saturated carbocycles. The van der Waals surface area contributed by atoms with Crippen molar-refractivity contribution >= 4 is 23.5 Å². The molecule has 0 unspecified atom stereocenters. The molecule has 136 valence electrons. The van der Waals surface area contributed by atoms with Crippen molar-refractivity contribution in [2.24, 2.45) is 11.8 Å². The van der Waals surface area contributed by atoms with Gasteiger partial charge in [-0.05, 0) is 6.08 Å². The van der Waals surface area contributed by atoms with Gasteiger partial charge in [-0.3, -0.25) is 19.2 Å². The van der Waals surface area contributed by atoms with Gasteiger partial charge in [0.1, 0.15) is 6.04 Å². The predicted molar refractivity (Wildman–Crippen MR) is 90.0 cm³/mol. The normalized spacial score (nSPS) is 27.0. The second-order valence-corrected chi connectivity index (χ2v) is 6.27. The van der Waals surface area contributed by atoms with Crippen molar-refractivity contribution in [3.8, 4) is 0 Å². The molecule has 1 fully saturated rings. The van der Waals surface area contributed by atoms with Crippen molar-refractivity contribution in [2.75, 3.05) is 14.2 Å². The number of fused-ring (bicyclic) bond motifs is 1. The van der Waals surface area contributed by atoms with E-state index in [1.807, 2.05) is 0 Å². The van der Waals surface area contributed by atoms with E-state index in [9.17, 15) is 19.2 Å². The highest BCUT2D eigenvalue weighted by atomic mass is 16.5. The number of allylic oxidation sites excluding steroid dienone is 1. The van der Waals surface area contributed by atoms with Gasteiger partial charge in [0.25, 0.3) is 0 Å². The third-order valence-corrected chi connectivity index (χ3v) is 4.96. The number of ether oxygens (including phenoxy) is 2. The van der Waals surface area contributed by atoms with Crippen molar-refractivity contribution in [1.82, 2.24) is 4.90 Å². The molecule has 2 heterocycles. The van der Waals surface area contributed by atoms with E-state index in [0.717, 1.165) is 0 Å². The number of nitrogens with zero attached hydrogens (tertiary/aromatic N) is 1. The maximum Gasteiger partial charge on any atom is 0.312 e. The minimum Gasteiger partial charge on any atom is -0.469 e. The number of hydrogen-bond acceptors (Lipinski definition) is 7. The average molecular weight is 357 g/mol. The van der Waals surface area contributed by atoms with Gasteiger partial charge in [0, 0.05) is 18.2 Å². The standard InChI is InChI=1S/C19H19NO6/c1-25-18(23)14-13-10-12(21)8-9-20(13)16(15(14)19(24)26-2)17(22)11-6-4-3-5-7-11/h3-9,13-16H,10H2,1-2H3/t13-,14-,15+,16+/m1/s1. The van der Waals surface area contributed by atoms with E-state index in [4.69, 9.17) is 9.47 Å². The number of ketones is 2. The number of hydrogen-bond donors (Lipinski definition) is 0. The largest absolute Gasteiger partial charge is 0.469 e. The Bertz CT molecular complexity index is 771. The molecule has 4 atom stereocenters. The molecule has 2 aliphatic heterocycles. The highest BCUT2D eigenvalue weighted by Gasteiger charge is 2.58. The number of esters is 2. The van der Waals surface area contributed by atoms with Crippen LogP contribution in [0.15, 0.2) is 42.6 Å².